The number of hydrogen-bond donors (Lipinski definition) is 0. The van der Waals surface area contributed by atoms with Gasteiger partial charge in [-0.25, -0.2) is 0 Å². The Bertz CT molecular complexity index is 113. The van der Waals surface area contributed by atoms with Crippen LogP contribution in [0.3, 0.4) is 0 Å². The van der Waals surface area contributed by atoms with E-state index in [4.69, 9.17) is 0 Å². The lowest BCUT2D eigenvalue weighted by Crippen LogP contribution is -2.67. The molecule has 0 N–H and O–H groups in total. The molecule has 3 heteroatoms. The lowest BCUT2D eigenvalue weighted by Gasteiger charge is -2.52. The molecule has 0 aromatic carbocycles. The van der Waals surface area contributed by atoms with E-state index >= 15 is 0 Å². The second-order valence-electron chi connectivity index (χ2n) is 4.53. The molecule has 0 atom stereocenters. The maximum absolute atomic E-state index is 2.26. The summed E-state index contributed by atoms with van der Waals surface area (Å²) in [5.74, 6) is 0.549. The Balaban J connectivity index is 5.06. The van der Waals surface area contributed by atoms with E-state index in [0.29, 0.717) is 5.92 Å². The maximum atomic E-state index is 2.26. The fraction of sp³-hybridized carbons (Fsp3) is 1.00. The SMILES string of the molecule is CC(C)C(N(C)C)(N(C)C)N(C)C. The van der Waals surface area contributed by atoms with Gasteiger partial charge in [-0.1, -0.05) is 13.8 Å². The van der Waals surface area contributed by atoms with Crippen molar-refractivity contribution in [2.45, 2.75) is 19.6 Å². The zero-order chi connectivity index (χ0) is 10.8. The highest BCUT2D eigenvalue weighted by molar-refractivity contribution is 4.85. The van der Waals surface area contributed by atoms with Gasteiger partial charge in [-0.3, -0.25) is 14.7 Å². The molecule has 3 nitrogen and oxygen atoms in total. The van der Waals surface area contributed by atoms with Gasteiger partial charge in [0.2, 0.25) is 0 Å². The first-order chi connectivity index (χ1) is 5.77. The second kappa shape index (κ2) is 4.40. The molecule has 0 saturated heterocycles. The Labute approximate surface area is 83.3 Å². The monoisotopic (exact) mass is 187 g/mol. The summed E-state index contributed by atoms with van der Waals surface area (Å²) in [5.41, 5.74) is 0. The summed E-state index contributed by atoms with van der Waals surface area (Å²) in [4.78, 5) is 6.78. The summed E-state index contributed by atoms with van der Waals surface area (Å²) >= 11 is 0. The summed E-state index contributed by atoms with van der Waals surface area (Å²) in [6, 6.07) is 0. The van der Waals surface area contributed by atoms with Crippen LogP contribution in [-0.4, -0.2) is 62.8 Å². The van der Waals surface area contributed by atoms with Crippen molar-refractivity contribution < 1.29 is 0 Å². The van der Waals surface area contributed by atoms with E-state index < -0.39 is 0 Å². The van der Waals surface area contributed by atoms with E-state index in [1.807, 2.05) is 0 Å². The van der Waals surface area contributed by atoms with Crippen LogP contribution in [-0.2, 0) is 0 Å². The van der Waals surface area contributed by atoms with Crippen LogP contribution >= 0.6 is 0 Å². The average molecular weight is 187 g/mol. The van der Waals surface area contributed by atoms with Crippen molar-refractivity contribution in [1.82, 2.24) is 14.7 Å². The van der Waals surface area contributed by atoms with E-state index in [9.17, 15) is 0 Å². The highest BCUT2D eigenvalue weighted by atomic mass is 15.5. The standard InChI is InChI=1S/C10H25N3/c1-9(2)10(11(3)4,12(5)6)13(7)8/h9H,1-8H3. The van der Waals surface area contributed by atoms with Gasteiger partial charge in [0.05, 0.1) is 0 Å². The van der Waals surface area contributed by atoms with Crippen LogP contribution in [0.4, 0.5) is 0 Å². The number of nitrogens with zero attached hydrogens (tertiary/aromatic N) is 3. The van der Waals surface area contributed by atoms with Gasteiger partial charge < -0.3 is 0 Å². The minimum absolute atomic E-state index is 0. The fourth-order valence-electron chi connectivity index (χ4n) is 2.75. The number of hydrogen-bond acceptors (Lipinski definition) is 3. The van der Waals surface area contributed by atoms with E-state index in [2.05, 4.69) is 70.8 Å². The van der Waals surface area contributed by atoms with Crippen LogP contribution in [0.25, 0.3) is 0 Å². The molecular formula is C10H25N3. The molecule has 0 heterocycles. The van der Waals surface area contributed by atoms with Gasteiger partial charge in [0.25, 0.3) is 0 Å². The molecular weight excluding hydrogens is 162 g/mol. The third-order valence-corrected chi connectivity index (χ3v) is 2.75. The van der Waals surface area contributed by atoms with Crippen LogP contribution in [0.5, 0.6) is 0 Å². The first kappa shape index (κ1) is 12.9. The van der Waals surface area contributed by atoms with Crippen molar-refractivity contribution in [1.29, 1.82) is 0 Å². The molecule has 0 saturated carbocycles. The molecule has 0 fully saturated rings. The van der Waals surface area contributed by atoms with Gasteiger partial charge in [-0.05, 0) is 48.2 Å². The third-order valence-electron chi connectivity index (χ3n) is 2.75. The molecule has 0 rings (SSSR count). The minimum atomic E-state index is 0. The number of rotatable bonds is 4. The van der Waals surface area contributed by atoms with E-state index in [0.717, 1.165) is 0 Å². The Morgan fingerprint density at radius 2 is 0.923 bits per heavy atom. The van der Waals surface area contributed by atoms with Crippen LogP contribution in [0.15, 0.2) is 0 Å². The first-order valence-electron chi connectivity index (χ1n) is 4.80. The van der Waals surface area contributed by atoms with Gasteiger partial charge in [0.1, 0.15) is 5.79 Å². The lowest BCUT2D eigenvalue weighted by molar-refractivity contribution is -0.141. The minimum Gasteiger partial charge on any atom is -0.279 e. The van der Waals surface area contributed by atoms with Crippen molar-refractivity contribution in [2.75, 3.05) is 42.3 Å². The molecule has 0 aromatic heterocycles. The fourth-order valence-corrected chi connectivity index (χ4v) is 2.75. The molecule has 0 unspecified atom stereocenters. The van der Waals surface area contributed by atoms with Crippen molar-refractivity contribution in [3.8, 4) is 0 Å². The van der Waals surface area contributed by atoms with Crippen LogP contribution in [0.1, 0.15) is 13.8 Å². The highest BCUT2D eigenvalue weighted by Gasteiger charge is 2.40. The van der Waals surface area contributed by atoms with Crippen molar-refractivity contribution >= 4 is 0 Å². The van der Waals surface area contributed by atoms with Gasteiger partial charge in [-0.15, -0.1) is 0 Å². The Morgan fingerprint density at radius 3 is 0.923 bits per heavy atom. The zero-order valence-corrected chi connectivity index (χ0v) is 10.4. The van der Waals surface area contributed by atoms with Gasteiger partial charge in [0, 0.05) is 0 Å². The normalized spacial score (nSPS) is 13.8. The van der Waals surface area contributed by atoms with Crippen LogP contribution in [0, 0.1) is 5.92 Å². The Kier molecular flexibility index (Phi) is 4.36. The Morgan fingerprint density at radius 1 is 0.692 bits per heavy atom. The molecule has 0 amide bonds. The summed E-state index contributed by atoms with van der Waals surface area (Å²) in [6.45, 7) is 4.50. The van der Waals surface area contributed by atoms with Crippen LogP contribution in [0.2, 0.25) is 0 Å². The van der Waals surface area contributed by atoms with E-state index in [1.54, 1.807) is 0 Å². The average Bonchev–Trinajstić information content (AvgIpc) is 1.82. The quantitative estimate of drug-likeness (QED) is 0.608. The summed E-state index contributed by atoms with van der Waals surface area (Å²) in [7, 11) is 12.8. The van der Waals surface area contributed by atoms with Gasteiger partial charge in [0.15, 0.2) is 0 Å². The Hall–Kier alpha value is -0.120. The van der Waals surface area contributed by atoms with Crippen molar-refractivity contribution in [3.63, 3.8) is 0 Å². The largest absolute Gasteiger partial charge is 0.279 e. The molecule has 0 aliphatic rings. The molecule has 0 bridgehead atoms. The smallest absolute Gasteiger partial charge is 0.131 e. The third kappa shape index (κ3) is 2.03. The predicted molar refractivity (Wildman–Crippen MR) is 58.6 cm³/mol. The van der Waals surface area contributed by atoms with Crippen molar-refractivity contribution in [2.24, 2.45) is 5.92 Å². The molecule has 0 aliphatic heterocycles. The second-order valence-corrected chi connectivity index (χ2v) is 4.53. The topological polar surface area (TPSA) is 9.72 Å². The van der Waals surface area contributed by atoms with Gasteiger partial charge >= 0.3 is 0 Å². The van der Waals surface area contributed by atoms with Crippen molar-refractivity contribution in [3.05, 3.63) is 0 Å². The highest BCUT2D eigenvalue weighted by Crippen LogP contribution is 2.26. The van der Waals surface area contributed by atoms with Gasteiger partial charge in [-0.2, -0.15) is 0 Å². The molecule has 0 aromatic rings. The molecule has 80 valence electrons. The maximum Gasteiger partial charge on any atom is 0.131 e. The lowest BCUT2D eigenvalue weighted by atomic mass is 10.0. The summed E-state index contributed by atoms with van der Waals surface area (Å²) in [6.07, 6.45) is 0. The van der Waals surface area contributed by atoms with E-state index in [1.165, 1.54) is 0 Å². The summed E-state index contributed by atoms with van der Waals surface area (Å²) in [5, 5.41) is 0. The van der Waals surface area contributed by atoms with E-state index in [-0.39, 0.29) is 5.79 Å². The zero-order valence-electron chi connectivity index (χ0n) is 10.4. The molecule has 0 aliphatic carbocycles. The predicted octanol–water partition coefficient (Wildman–Crippen LogP) is 0.981. The molecule has 0 radical (unpaired) electrons. The summed E-state index contributed by atoms with van der Waals surface area (Å²) < 4.78 is 0. The first-order valence-corrected chi connectivity index (χ1v) is 4.80. The molecule has 0 spiro atoms. The molecule has 13 heavy (non-hydrogen) atoms. The van der Waals surface area contributed by atoms with Crippen LogP contribution < -0.4 is 0 Å².